The number of hydrogen-bond donors (Lipinski definition) is 1. The number of carbonyl (C=O) groups is 2. The second-order valence-electron chi connectivity index (χ2n) is 5.29. The van der Waals surface area contributed by atoms with Gasteiger partial charge in [-0.3, -0.25) is 9.69 Å². The molecule has 2 aromatic rings. The van der Waals surface area contributed by atoms with E-state index in [4.69, 9.17) is 4.74 Å². The van der Waals surface area contributed by atoms with E-state index < -0.39 is 18.0 Å². The molecule has 7 nitrogen and oxygen atoms in total. The van der Waals surface area contributed by atoms with E-state index in [0.29, 0.717) is 16.0 Å². The molecule has 3 rings (SSSR count). The van der Waals surface area contributed by atoms with Gasteiger partial charge in [-0.25, -0.2) is 14.2 Å². The molecule has 1 saturated heterocycles. The molecule has 1 fully saturated rings. The van der Waals surface area contributed by atoms with Crippen molar-refractivity contribution in [3.8, 4) is 5.69 Å². The van der Waals surface area contributed by atoms with Crippen LogP contribution in [0.25, 0.3) is 5.69 Å². The van der Waals surface area contributed by atoms with Crippen molar-refractivity contribution in [2.45, 2.75) is 13.0 Å². The van der Waals surface area contributed by atoms with Crippen molar-refractivity contribution >= 4 is 33.6 Å². The minimum Gasteiger partial charge on any atom is -0.442 e. The van der Waals surface area contributed by atoms with Gasteiger partial charge in [0.25, 0.3) is 0 Å². The number of halogens is 2. The fraction of sp³-hybridized carbons (Fsp3) is 0.267. The molecule has 1 aromatic carbocycles. The number of nitrogens with one attached hydrogen (secondary N) is 1. The first-order valence-electron chi connectivity index (χ1n) is 7.16. The summed E-state index contributed by atoms with van der Waals surface area (Å²) in [5.41, 5.74) is 0.713. The zero-order chi connectivity index (χ0) is 17.3. The molecule has 2 heterocycles. The maximum absolute atomic E-state index is 14.4. The van der Waals surface area contributed by atoms with Gasteiger partial charge in [-0.15, -0.1) is 0 Å². The Kier molecular flexibility index (Phi) is 4.52. The molecule has 0 unspecified atom stereocenters. The van der Waals surface area contributed by atoms with Crippen LogP contribution in [-0.4, -0.2) is 40.7 Å². The van der Waals surface area contributed by atoms with Crippen LogP contribution in [0.1, 0.15) is 6.92 Å². The number of ether oxygens (including phenoxy) is 1. The van der Waals surface area contributed by atoms with Crippen LogP contribution >= 0.6 is 15.9 Å². The summed E-state index contributed by atoms with van der Waals surface area (Å²) in [6.07, 6.45) is 2.08. The van der Waals surface area contributed by atoms with Crippen LogP contribution < -0.4 is 10.2 Å². The van der Waals surface area contributed by atoms with E-state index in [2.05, 4.69) is 26.2 Å². The Morgan fingerprint density at radius 2 is 2.33 bits per heavy atom. The maximum Gasteiger partial charge on any atom is 0.414 e. The number of cyclic esters (lactones) is 1. The van der Waals surface area contributed by atoms with E-state index in [0.717, 1.165) is 0 Å². The van der Waals surface area contributed by atoms with Gasteiger partial charge in [-0.1, -0.05) is 0 Å². The zero-order valence-corrected chi connectivity index (χ0v) is 14.3. The Labute approximate surface area is 145 Å². The average molecular weight is 397 g/mol. The van der Waals surface area contributed by atoms with Crippen molar-refractivity contribution in [2.75, 3.05) is 18.0 Å². The van der Waals surface area contributed by atoms with Crippen LogP contribution in [-0.2, 0) is 9.53 Å². The quantitative estimate of drug-likeness (QED) is 0.859. The first kappa shape index (κ1) is 16.4. The number of carbonyl (C=O) groups excluding carboxylic acids is 2. The summed E-state index contributed by atoms with van der Waals surface area (Å²) in [5, 5.41) is 2.59. The van der Waals surface area contributed by atoms with Crippen molar-refractivity contribution in [1.29, 1.82) is 0 Å². The molecule has 0 spiro atoms. The van der Waals surface area contributed by atoms with E-state index in [1.54, 1.807) is 18.3 Å². The molecule has 24 heavy (non-hydrogen) atoms. The lowest BCUT2D eigenvalue weighted by molar-refractivity contribution is -0.119. The van der Waals surface area contributed by atoms with Gasteiger partial charge in [-0.05, 0) is 34.1 Å². The van der Waals surface area contributed by atoms with E-state index >= 15 is 0 Å². The minimum absolute atomic E-state index is 0.202. The topological polar surface area (TPSA) is 76.5 Å². The summed E-state index contributed by atoms with van der Waals surface area (Å²) in [4.78, 5) is 28.2. The third-order valence-electron chi connectivity index (χ3n) is 3.52. The van der Waals surface area contributed by atoms with Crippen molar-refractivity contribution in [1.82, 2.24) is 14.9 Å². The fourth-order valence-electron chi connectivity index (χ4n) is 2.40. The average Bonchev–Trinajstić information content (AvgIpc) is 3.11. The van der Waals surface area contributed by atoms with Crippen LogP contribution in [0.2, 0.25) is 0 Å². The molecule has 2 amide bonds. The van der Waals surface area contributed by atoms with Gasteiger partial charge in [0.1, 0.15) is 22.9 Å². The molecule has 0 bridgehead atoms. The predicted octanol–water partition coefficient (Wildman–Crippen LogP) is 2.24. The lowest BCUT2D eigenvalue weighted by Gasteiger charge is -2.14. The van der Waals surface area contributed by atoms with Gasteiger partial charge in [0.15, 0.2) is 0 Å². The first-order valence-corrected chi connectivity index (χ1v) is 7.95. The van der Waals surface area contributed by atoms with Crippen LogP contribution in [0.4, 0.5) is 14.9 Å². The van der Waals surface area contributed by atoms with Gasteiger partial charge in [0, 0.05) is 13.1 Å². The van der Waals surface area contributed by atoms with E-state index in [9.17, 15) is 14.0 Å². The third kappa shape index (κ3) is 3.40. The Morgan fingerprint density at radius 3 is 2.96 bits per heavy atom. The lowest BCUT2D eigenvalue weighted by Crippen LogP contribution is -2.33. The highest BCUT2D eigenvalue weighted by Crippen LogP contribution is 2.25. The fourth-order valence-corrected chi connectivity index (χ4v) is 2.71. The number of hydrogen-bond acceptors (Lipinski definition) is 4. The summed E-state index contributed by atoms with van der Waals surface area (Å²) in [5.74, 6) is -0.693. The molecule has 0 saturated carbocycles. The number of benzene rings is 1. The standard InChI is InChI=1S/C15H14BrFN4O3/c1-9(22)18-5-11-6-21(15(23)24-11)10-2-3-13(12(17)4-10)20-7-14(16)19-8-20/h2-4,7-8,11H,5-6H2,1H3,(H,18,22)/t11-/m0/s1. The Morgan fingerprint density at radius 1 is 1.54 bits per heavy atom. The number of imidazole rings is 1. The predicted molar refractivity (Wildman–Crippen MR) is 87.5 cm³/mol. The number of aromatic nitrogens is 2. The first-order chi connectivity index (χ1) is 11.4. The van der Waals surface area contributed by atoms with Gasteiger partial charge in [0.05, 0.1) is 24.5 Å². The molecular formula is C15H14BrFN4O3. The largest absolute Gasteiger partial charge is 0.442 e. The minimum atomic E-state index is -0.567. The van der Waals surface area contributed by atoms with E-state index in [1.165, 1.54) is 28.8 Å². The SMILES string of the molecule is CC(=O)NC[C@H]1CN(c2ccc(-n3cnc(Br)c3)c(F)c2)C(=O)O1. The van der Waals surface area contributed by atoms with Crippen molar-refractivity contribution in [2.24, 2.45) is 0 Å². The smallest absolute Gasteiger partial charge is 0.414 e. The molecule has 1 aromatic heterocycles. The van der Waals surface area contributed by atoms with Gasteiger partial charge >= 0.3 is 6.09 Å². The zero-order valence-electron chi connectivity index (χ0n) is 12.7. The van der Waals surface area contributed by atoms with Crippen LogP contribution in [0.5, 0.6) is 0 Å². The molecular weight excluding hydrogens is 383 g/mol. The summed E-state index contributed by atoms with van der Waals surface area (Å²) >= 11 is 3.21. The van der Waals surface area contributed by atoms with Crippen LogP contribution in [0.15, 0.2) is 35.3 Å². The third-order valence-corrected chi connectivity index (χ3v) is 3.93. The summed E-state index contributed by atoms with van der Waals surface area (Å²) in [6.45, 7) is 1.85. The second kappa shape index (κ2) is 6.60. The molecule has 0 radical (unpaired) electrons. The molecule has 9 heteroatoms. The second-order valence-corrected chi connectivity index (χ2v) is 6.11. The van der Waals surface area contributed by atoms with E-state index in [-0.39, 0.29) is 19.0 Å². The van der Waals surface area contributed by atoms with Crippen molar-refractivity contribution in [3.63, 3.8) is 0 Å². The normalized spacial score (nSPS) is 17.0. The highest BCUT2D eigenvalue weighted by Gasteiger charge is 2.32. The lowest BCUT2D eigenvalue weighted by atomic mass is 10.2. The van der Waals surface area contributed by atoms with Crippen LogP contribution in [0, 0.1) is 5.82 Å². The Hall–Kier alpha value is -2.42. The Bertz CT molecular complexity index is 795. The summed E-state index contributed by atoms with van der Waals surface area (Å²) < 4.78 is 21.7. The number of amides is 2. The molecule has 126 valence electrons. The van der Waals surface area contributed by atoms with Gasteiger partial charge < -0.3 is 14.6 Å². The van der Waals surface area contributed by atoms with Crippen molar-refractivity contribution in [3.05, 3.63) is 41.1 Å². The molecule has 0 aliphatic carbocycles. The van der Waals surface area contributed by atoms with Gasteiger partial charge in [0.2, 0.25) is 5.91 Å². The molecule has 1 aliphatic heterocycles. The molecule has 1 N–H and O–H groups in total. The number of rotatable bonds is 4. The van der Waals surface area contributed by atoms with Crippen LogP contribution in [0.3, 0.4) is 0 Å². The highest BCUT2D eigenvalue weighted by molar-refractivity contribution is 9.10. The molecule has 1 atom stereocenters. The summed E-state index contributed by atoms with van der Waals surface area (Å²) in [7, 11) is 0. The van der Waals surface area contributed by atoms with Gasteiger partial charge in [-0.2, -0.15) is 0 Å². The number of anilines is 1. The monoisotopic (exact) mass is 396 g/mol. The number of nitrogens with zero attached hydrogens (tertiary/aromatic N) is 3. The summed E-state index contributed by atoms with van der Waals surface area (Å²) in [6, 6.07) is 4.47. The van der Waals surface area contributed by atoms with E-state index in [1.807, 2.05) is 0 Å². The Balaban J connectivity index is 1.77. The highest BCUT2D eigenvalue weighted by atomic mass is 79.9. The van der Waals surface area contributed by atoms with Crippen molar-refractivity contribution < 1.29 is 18.7 Å². The molecule has 1 aliphatic rings. The maximum atomic E-state index is 14.4.